The molecule has 0 saturated carbocycles. The van der Waals surface area contributed by atoms with E-state index in [-0.39, 0.29) is 5.97 Å². The van der Waals surface area contributed by atoms with Gasteiger partial charge in [-0.2, -0.15) is 0 Å². The molecule has 0 amide bonds. The van der Waals surface area contributed by atoms with Crippen molar-refractivity contribution in [3.63, 3.8) is 0 Å². The Morgan fingerprint density at radius 2 is 1.90 bits per heavy atom. The number of nitrogens with zero attached hydrogens (tertiary/aromatic N) is 1. The zero-order valence-electron chi connectivity index (χ0n) is 11.5. The van der Waals surface area contributed by atoms with Crippen LogP contribution in [0.4, 0.5) is 0 Å². The number of hydrogen-bond donors (Lipinski definition) is 0. The summed E-state index contributed by atoms with van der Waals surface area (Å²) in [4.78, 5) is 15.8. The van der Waals surface area contributed by atoms with Crippen molar-refractivity contribution in [1.82, 2.24) is 4.98 Å². The smallest absolute Gasteiger partial charge is 0.305 e. The maximum atomic E-state index is 11.4. The van der Waals surface area contributed by atoms with E-state index in [2.05, 4.69) is 17.1 Å². The molecule has 0 bridgehead atoms. The van der Waals surface area contributed by atoms with Gasteiger partial charge in [0.05, 0.1) is 7.11 Å². The van der Waals surface area contributed by atoms with Crippen LogP contribution in [0.5, 0.6) is 0 Å². The highest BCUT2D eigenvalue weighted by molar-refractivity contribution is 7.64. The van der Waals surface area contributed by atoms with Gasteiger partial charge >= 0.3 is 5.97 Å². The van der Waals surface area contributed by atoms with E-state index in [0.717, 1.165) is 18.0 Å². The lowest BCUT2D eigenvalue weighted by Crippen LogP contribution is -2.09. The number of rotatable bonds is 6. The first-order chi connectivity index (χ1) is 9.79. The third-order valence-electron chi connectivity index (χ3n) is 3.01. The summed E-state index contributed by atoms with van der Waals surface area (Å²) in [6.07, 6.45) is 4.01. The van der Waals surface area contributed by atoms with Gasteiger partial charge in [-0.25, -0.2) is 0 Å². The summed E-state index contributed by atoms with van der Waals surface area (Å²) in [7, 11) is 1.00. The number of carbonyl (C=O) groups is 1. The molecule has 4 heteroatoms. The third-order valence-corrected chi connectivity index (χ3v) is 5.51. The van der Waals surface area contributed by atoms with Gasteiger partial charge in [-0.3, -0.25) is 9.78 Å². The van der Waals surface area contributed by atoms with Gasteiger partial charge in [-0.15, -0.1) is 0 Å². The van der Waals surface area contributed by atoms with E-state index in [4.69, 9.17) is 4.74 Å². The maximum Gasteiger partial charge on any atom is 0.305 e. The van der Waals surface area contributed by atoms with E-state index >= 15 is 0 Å². The monoisotopic (exact) mass is 287 g/mol. The van der Waals surface area contributed by atoms with Gasteiger partial charge in [0.15, 0.2) is 0 Å². The van der Waals surface area contributed by atoms with Crippen LogP contribution in [0.15, 0.2) is 54.7 Å². The molecule has 1 heterocycles. The molecule has 0 aliphatic rings. The highest BCUT2D eigenvalue weighted by Gasteiger charge is 2.14. The molecule has 0 saturated heterocycles. The van der Waals surface area contributed by atoms with Gasteiger partial charge < -0.3 is 4.74 Å². The number of esters is 1. The zero-order valence-corrected chi connectivity index (χ0v) is 12.4. The Morgan fingerprint density at radius 1 is 1.15 bits per heavy atom. The molecule has 3 nitrogen and oxygen atoms in total. The fourth-order valence-corrected chi connectivity index (χ4v) is 4.18. The predicted octanol–water partition coefficient (Wildman–Crippen LogP) is 2.95. The normalized spacial score (nSPS) is 11.8. The van der Waals surface area contributed by atoms with Crippen LogP contribution in [0.3, 0.4) is 0 Å². The van der Waals surface area contributed by atoms with Gasteiger partial charge in [-0.05, 0) is 23.6 Å². The topological polar surface area (TPSA) is 39.2 Å². The van der Waals surface area contributed by atoms with Crippen molar-refractivity contribution in [2.75, 3.05) is 13.3 Å². The van der Waals surface area contributed by atoms with Crippen molar-refractivity contribution in [3.05, 3.63) is 60.4 Å². The lowest BCUT2D eigenvalue weighted by molar-refractivity contribution is -0.140. The first kappa shape index (κ1) is 14.7. The van der Waals surface area contributed by atoms with Crippen LogP contribution in [-0.2, 0) is 15.7 Å². The zero-order chi connectivity index (χ0) is 14.2. The Labute approximate surface area is 120 Å². The number of methoxy groups -OCH3 is 1. The number of hydrogen-bond acceptors (Lipinski definition) is 3. The van der Waals surface area contributed by atoms with E-state index < -0.39 is 7.92 Å². The largest absolute Gasteiger partial charge is 0.469 e. The van der Waals surface area contributed by atoms with Crippen LogP contribution in [-0.4, -0.2) is 24.2 Å². The van der Waals surface area contributed by atoms with Crippen LogP contribution in [0.1, 0.15) is 12.1 Å². The van der Waals surface area contributed by atoms with Gasteiger partial charge in [-0.1, -0.05) is 44.3 Å². The molecule has 0 radical (unpaired) electrons. The molecule has 1 atom stereocenters. The lowest BCUT2D eigenvalue weighted by atomic mass is 10.4. The standard InChI is InChI=1S/C16H18NO2P/c1-19-16(18)10-12-20(15-8-3-2-4-9-15)13-14-7-5-6-11-17-14/h2-9,11H,10,12-13H2,1H3. The summed E-state index contributed by atoms with van der Waals surface area (Å²) in [6.45, 7) is 0. The first-order valence-corrected chi connectivity index (χ1v) is 8.27. The van der Waals surface area contributed by atoms with Crippen molar-refractivity contribution in [2.24, 2.45) is 0 Å². The van der Waals surface area contributed by atoms with Gasteiger partial charge in [0.25, 0.3) is 0 Å². The number of aromatic nitrogens is 1. The lowest BCUT2D eigenvalue weighted by Gasteiger charge is -2.17. The summed E-state index contributed by atoms with van der Waals surface area (Å²) in [6, 6.07) is 16.3. The SMILES string of the molecule is COC(=O)CCP(Cc1ccccn1)c1ccccc1. The van der Waals surface area contributed by atoms with E-state index in [1.165, 1.54) is 12.4 Å². The molecular formula is C16H18NO2P. The van der Waals surface area contributed by atoms with Crippen LogP contribution >= 0.6 is 7.92 Å². The Balaban J connectivity index is 2.10. The molecule has 2 rings (SSSR count). The quantitative estimate of drug-likeness (QED) is 0.605. The maximum absolute atomic E-state index is 11.4. The van der Waals surface area contributed by atoms with Crippen molar-refractivity contribution in [1.29, 1.82) is 0 Å². The summed E-state index contributed by atoms with van der Waals surface area (Å²) in [5.41, 5.74) is 1.08. The summed E-state index contributed by atoms with van der Waals surface area (Å²) in [5, 5.41) is 1.30. The molecule has 104 valence electrons. The summed E-state index contributed by atoms with van der Waals surface area (Å²) >= 11 is 0. The Morgan fingerprint density at radius 3 is 2.55 bits per heavy atom. The Kier molecular flexibility index (Phi) is 5.69. The number of carbonyl (C=O) groups excluding carboxylic acids is 1. The van der Waals surface area contributed by atoms with E-state index in [1.54, 1.807) is 0 Å². The van der Waals surface area contributed by atoms with Crippen molar-refractivity contribution in [3.8, 4) is 0 Å². The van der Waals surface area contributed by atoms with Gasteiger partial charge in [0.2, 0.25) is 0 Å². The minimum Gasteiger partial charge on any atom is -0.469 e. The molecule has 0 aliphatic carbocycles. The van der Waals surface area contributed by atoms with Crippen molar-refractivity contribution >= 4 is 19.2 Å². The molecule has 1 unspecified atom stereocenters. The molecule has 1 aromatic carbocycles. The van der Waals surface area contributed by atoms with Crippen molar-refractivity contribution < 1.29 is 9.53 Å². The Hall–Kier alpha value is -1.73. The molecule has 2 aromatic rings. The molecular weight excluding hydrogens is 269 g/mol. The fourth-order valence-electron chi connectivity index (χ4n) is 1.95. The summed E-state index contributed by atoms with van der Waals surface area (Å²) < 4.78 is 4.74. The summed E-state index contributed by atoms with van der Waals surface area (Å²) in [5.74, 6) is -0.144. The average molecular weight is 287 g/mol. The predicted molar refractivity (Wildman–Crippen MR) is 82.4 cm³/mol. The van der Waals surface area contributed by atoms with Gasteiger partial charge in [0.1, 0.15) is 0 Å². The average Bonchev–Trinajstić information content (AvgIpc) is 2.53. The first-order valence-electron chi connectivity index (χ1n) is 6.56. The second-order valence-corrected chi connectivity index (χ2v) is 6.76. The van der Waals surface area contributed by atoms with E-state index in [9.17, 15) is 4.79 Å². The van der Waals surface area contributed by atoms with Crippen molar-refractivity contribution in [2.45, 2.75) is 12.6 Å². The highest BCUT2D eigenvalue weighted by Crippen LogP contribution is 2.38. The highest BCUT2D eigenvalue weighted by atomic mass is 31.1. The number of benzene rings is 1. The van der Waals surface area contributed by atoms with Crippen LogP contribution < -0.4 is 5.30 Å². The van der Waals surface area contributed by atoms with E-state index in [0.29, 0.717) is 6.42 Å². The molecule has 0 N–H and O–H groups in total. The second-order valence-electron chi connectivity index (χ2n) is 4.40. The molecule has 0 fully saturated rings. The minimum atomic E-state index is -0.434. The number of ether oxygens (including phenoxy) is 1. The molecule has 0 aliphatic heterocycles. The van der Waals surface area contributed by atoms with Crippen LogP contribution in [0.2, 0.25) is 0 Å². The Bertz CT molecular complexity index is 531. The third kappa shape index (κ3) is 4.43. The van der Waals surface area contributed by atoms with Crippen LogP contribution in [0, 0.1) is 0 Å². The molecule has 0 spiro atoms. The molecule has 20 heavy (non-hydrogen) atoms. The minimum absolute atomic E-state index is 0.144. The van der Waals surface area contributed by atoms with E-state index in [1.807, 2.05) is 42.6 Å². The molecule has 1 aromatic heterocycles. The second kappa shape index (κ2) is 7.76. The fraction of sp³-hybridized carbons (Fsp3) is 0.250. The van der Waals surface area contributed by atoms with Crippen LogP contribution in [0.25, 0.3) is 0 Å². The van der Waals surface area contributed by atoms with Gasteiger partial charge in [0, 0.05) is 24.5 Å². The number of pyridine rings is 1.